The molecule has 2 N–H and O–H groups in total. The molecular formula is C22H29N2O4+. The molecule has 2 aromatic rings. The van der Waals surface area contributed by atoms with Gasteiger partial charge in [0.05, 0.1) is 38.9 Å². The van der Waals surface area contributed by atoms with Crippen LogP contribution in [0, 0.1) is 0 Å². The van der Waals surface area contributed by atoms with Crippen molar-refractivity contribution in [3.05, 3.63) is 54.1 Å². The van der Waals surface area contributed by atoms with Crippen LogP contribution in [0.3, 0.4) is 0 Å². The van der Waals surface area contributed by atoms with E-state index in [0.29, 0.717) is 17.9 Å². The molecule has 0 amide bonds. The molecule has 3 rings (SSSR count). The molecule has 1 aliphatic rings. The maximum absolute atomic E-state index is 11.7. The quantitative estimate of drug-likeness (QED) is 0.665. The van der Waals surface area contributed by atoms with Crippen molar-refractivity contribution in [2.75, 3.05) is 51.3 Å². The van der Waals surface area contributed by atoms with E-state index in [4.69, 9.17) is 9.47 Å². The van der Waals surface area contributed by atoms with Crippen LogP contribution < -0.4 is 19.3 Å². The highest BCUT2D eigenvalue weighted by atomic mass is 16.5. The Morgan fingerprint density at radius 2 is 1.82 bits per heavy atom. The summed E-state index contributed by atoms with van der Waals surface area (Å²) in [4.78, 5) is 15.4. The highest BCUT2D eigenvalue weighted by Crippen LogP contribution is 2.19. The molecule has 0 unspecified atom stereocenters. The molecular weight excluding hydrogens is 356 g/mol. The van der Waals surface area contributed by atoms with Crippen molar-refractivity contribution >= 4 is 11.5 Å². The third-order valence-corrected chi connectivity index (χ3v) is 5.13. The fourth-order valence-electron chi connectivity index (χ4n) is 3.54. The van der Waals surface area contributed by atoms with Crippen molar-refractivity contribution in [2.24, 2.45) is 0 Å². The van der Waals surface area contributed by atoms with Crippen molar-refractivity contribution in [2.45, 2.75) is 13.0 Å². The number of Topliss-reactive ketones (excluding diaryl/α,β-unsaturated/α-hetero) is 1. The predicted octanol–water partition coefficient (Wildman–Crippen LogP) is 1.04. The number of para-hydroxylation sites is 1. The lowest BCUT2D eigenvalue weighted by Crippen LogP contribution is -3.16. The number of nitrogens with one attached hydrogen (secondary N) is 1. The Hall–Kier alpha value is -2.57. The zero-order chi connectivity index (χ0) is 19.9. The minimum atomic E-state index is -0.567. The first kappa shape index (κ1) is 20.2. The molecule has 0 spiro atoms. The maximum Gasteiger partial charge on any atom is 0.163 e. The largest absolute Gasteiger partial charge is 0.497 e. The first-order valence-corrected chi connectivity index (χ1v) is 9.70. The van der Waals surface area contributed by atoms with E-state index in [1.54, 1.807) is 19.2 Å². The number of quaternary nitrogens is 1. The summed E-state index contributed by atoms with van der Waals surface area (Å²) in [6, 6.07) is 15.3. The number of benzene rings is 2. The lowest BCUT2D eigenvalue weighted by molar-refractivity contribution is -0.903. The van der Waals surface area contributed by atoms with E-state index >= 15 is 0 Å². The molecule has 0 bridgehead atoms. The van der Waals surface area contributed by atoms with Crippen LogP contribution in [0.15, 0.2) is 48.5 Å². The molecule has 0 radical (unpaired) electrons. The van der Waals surface area contributed by atoms with Gasteiger partial charge in [0, 0.05) is 5.69 Å². The standard InChI is InChI=1S/C22H28N2O4/c1-17(25)21-5-3-4-6-22(21)28-16-19(26)15-23-11-13-24(14-12-23)18-7-9-20(27-2)10-8-18/h3-10,19,26H,11-16H2,1-2H3/p+1/t19-/m0/s1. The van der Waals surface area contributed by atoms with Gasteiger partial charge < -0.3 is 24.4 Å². The lowest BCUT2D eigenvalue weighted by atomic mass is 10.1. The van der Waals surface area contributed by atoms with Gasteiger partial charge in [-0.3, -0.25) is 4.79 Å². The monoisotopic (exact) mass is 385 g/mol. The van der Waals surface area contributed by atoms with E-state index in [1.165, 1.54) is 17.5 Å². The maximum atomic E-state index is 11.7. The molecule has 1 atom stereocenters. The van der Waals surface area contributed by atoms with Crippen LogP contribution >= 0.6 is 0 Å². The van der Waals surface area contributed by atoms with Gasteiger partial charge in [-0.1, -0.05) is 12.1 Å². The topological polar surface area (TPSA) is 63.4 Å². The van der Waals surface area contributed by atoms with E-state index in [0.717, 1.165) is 31.9 Å². The number of nitrogens with zero attached hydrogens (tertiary/aromatic N) is 1. The Kier molecular flexibility index (Phi) is 6.90. The summed E-state index contributed by atoms with van der Waals surface area (Å²) in [6.07, 6.45) is -0.567. The first-order chi connectivity index (χ1) is 13.6. The Morgan fingerprint density at radius 3 is 2.46 bits per heavy atom. The number of carbonyl (C=O) groups excluding carboxylic acids is 1. The van der Waals surface area contributed by atoms with Crippen LogP contribution in [0.1, 0.15) is 17.3 Å². The molecule has 6 heteroatoms. The highest BCUT2D eigenvalue weighted by Gasteiger charge is 2.23. The summed E-state index contributed by atoms with van der Waals surface area (Å²) >= 11 is 0. The van der Waals surface area contributed by atoms with E-state index in [1.807, 2.05) is 24.3 Å². The molecule has 28 heavy (non-hydrogen) atoms. The Morgan fingerprint density at radius 1 is 1.14 bits per heavy atom. The van der Waals surface area contributed by atoms with Gasteiger partial charge in [-0.25, -0.2) is 0 Å². The fraction of sp³-hybridized carbons (Fsp3) is 0.409. The number of ketones is 1. The fourth-order valence-corrected chi connectivity index (χ4v) is 3.54. The minimum absolute atomic E-state index is 0.0367. The highest BCUT2D eigenvalue weighted by molar-refractivity contribution is 5.96. The molecule has 1 aliphatic heterocycles. The van der Waals surface area contributed by atoms with Crippen LogP contribution in [-0.4, -0.2) is 63.4 Å². The second-order valence-corrected chi connectivity index (χ2v) is 7.16. The first-order valence-electron chi connectivity index (χ1n) is 9.70. The van der Waals surface area contributed by atoms with E-state index in [2.05, 4.69) is 17.0 Å². The predicted molar refractivity (Wildman–Crippen MR) is 109 cm³/mol. The van der Waals surface area contributed by atoms with Crippen LogP contribution in [-0.2, 0) is 0 Å². The Labute approximate surface area is 166 Å². The Bertz CT molecular complexity index is 770. The summed E-state index contributed by atoms with van der Waals surface area (Å²) in [5, 5.41) is 10.4. The molecule has 1 fully saturated rings. The third kappa shape index (κ3) is 5.24. The average Bonchev–Trinajstić information content (AvgIpc) is 2.73. The van der Waals surface area contributed by atoms with Gasteiger partial charge in [0.2, 0.25) is 0 Å². The number of piperazine rings is 1. The summed E-state index contributed by atoms with van der Waals surface area (Å²) in [7, 11) is 1.67. The number of hydrogen-bond donors (Lipinski definition) is 2. The van der Waals surface area contributed by atoms with Crippen molar-refractivity contribution in [3.8, 4) is 11.5 Å². The normalized spacial score (nSPS) is 15.9. The number of hydrogen-bond acceptors (Lipinski definition) is 5. The van der Waals surface area contributed by atoms with Crippen LogP contribution in [0.4, 0.5) is 5.69 Å². The molecule has 0 aromatic heterocycles. The number of aliphatic hydroxyl groups excluding tert-OH is 1. The van der Waals surface area contributed by atoms with Crippen molar-refractivity contribution in [3.63, 3.8) is 0 Å². The summed E-state index contributed by atoms with van der Waals surface area (Å²) in [5.74, 6) is 1.36. The molecule has 0 aliphatic carbocycles. The summed E-state index contributed by atoms with van der Waals surface area (Å²) in [6.45, 7) is 6.17. The number of carbonyl (C=O) groups is 1. The third-order valence-electron chi connectivity index (χ3n) is 5.13. The average molecular weight is 385 g/mol. The number of rotatable bonds is 8. The number of aliphatic hydroxyl groups is 1. The van der Waals surface area contributed by atoms with Crippen molar-refractivity contribution in [1.29, 1.82) is 0 Å². The van der Waals surface area contributed by atoms with Crippen LogP contribution in [0.25, 0.3) is 0 Å². The van der Waals surface area contributed by atoms with Gasteiger partial charge in [0.25, 0.3) is 0 Å². The minimum Gasteiger partial charge on any atom is -0.497 e. The van der Waals surface area contributed by atoms with Crippen LogP contribution in [0.5, 0.6) is 11.5 Å². The number of anilines is 1. The van der Waals surface area contributed by atoms with Gasteiger partial charge in [0.1, 0.15) is 30.8 Å². The van der Waals surface area contributed by atoms with Gasteiger partial charge in [-0.15, -0.1) is 0 Å². The summed E-state index contributed by atoms with van der Waals surface area (Å²) < 4.78 is 10.9. The zero-order valence-electron chi connectivity index (χ0n) is 16.6. The number of ether oxygens (including phenoxy) is 2. The van der Waals surface area contributed by atoms with E-state index in [-0.39, 0.29) is 12.4 Å². The lowest BCUT2D eigenvalue weighted by Gasteiger charge is -2.34. The number of methoxy groups -OCH3 is 1. The van der Waals surface area contributed by atoms with E-state index < -0.39 is 6.10 Å². The van der Waals surface area contributed by atoms with Crippen molar-refractivity contribution < 1.29 is 24.3 Å². The molecule has 6 nitrogen and oxygen atoms in total. The van der Waals surface area contributed by atoms with Gasteiger partial charge in [-0.05, 0) is 43.3 Å². The molecule has 150 valence electrons. The van der Waals surface area contributed by atoms with Gasteiger partial charge in [-0.2, -0.15) is 0 Å². The zero-order valence-corrected chi connectivity index (χ0v) is 16.6. The van der Waals surface area contributed by atoms with Gasteiger partial charge >= 0.3 is 0 Å². The molecule has 0 saturated carbocycles. The molecule has 1 saturated heterocycles. The van der Waals surface area contributed by atoms with Crippen LogP contribution in [0.2, 0.25) is 0 Å². The second kappa shape index (κ2) is 9.57. The van der Waals surface area contributed by atoms with E-state index in [9.17, 15) is 9.90 Å². The SMILES string of the molecule is COc1ccc(N2CC[NH+](C[C@H](O)COc3ccccc3C(C)=O)CC2)cc1. The van der Waals surface area contributed by atoms with Gasteiger partial charge in [0.15, 0.2) is 5.78 Å². The molecule has 2 aromatic carbocycles. The second-order valence-electron chi connectivity index (χ2n) is 7.16. The Balaban J connectivity index is 1.45. The smallest absolute Gasteiger partial charge is 0.163 e. The molecule has 1 heterocycles. The summed E-state index contributed by atoms with van der Waals surface area (Å²) in [5.41, 5.74) is 1.75. The van der Waals surface area contributed by atoms with Crippen molar-refractivity contribution in [1.82, 2.24) is 0 Å².